The molecular formula is C22H20F2N10O. The van der Waals surface area contributed by atoms with Gasteiger partial charge in [-0.05, 0) is 23.8 Å². The second kappa shape index (κ2) is 9.05. The molecule has 0 spiro atoms. The SMILES string of the molecule is Cn1cnnc1-c1nc(N2CCN(C(=O)N3N=CC[C@H]3c3cc(F)cc(C#N)c3)CC2)ncc1F. The second-order valence-corrected chi connectivity index (χ2v) is 8.17. The van der Waals surface area contributed by atoms with Crippen LogP contribution in [0.4, 0.5) is 19.5 Å². The Morgan fingerprint density at radius 2 is 1.97 bits per heavy atom. The first-order chi connectivity index (χ1) is 16.9. The van der Waals surface area contributed by atoms with E-state index in [9.17, 15) is 13.6 Å². The maximum atomic E-state index is 14.3. The Labute approximate surface area is 198 Å². The van der Waals surface area contributed by atoms with Gasteiger partial charge in [0, 0.05) is 45.9 Å². The van der Waals surface area contributed by atoms with Gasteiger partial charge in [0.15, 0.2) is 11.6 Å². The molecule has 0 aliphatic carbocycles. The fraction of sp³-hybridized carbons (Fsp3) is 0.318. The van der Waals surface area contributed by atoms with Crippen molar-refractivity contribution in [3.8, 4) is 17.6 Å². The zero-order valence-corrected chi connectivity index (χ0v) is 18.7. The highest BCUT2D eigenvalue weighted by Crippen LogP contribution is 2.31. The number of rotatable bonds is 3. The van der Waals surface area contributed by atoms with E-state index in [1.165, 1.54) is 17.4 Å². The van der Waals surface area contributed by atoms with Crippen molar-refractivity contribution in [2.24, 2.45) is 12.1 Å². The van der Waals surface area contributed by atoms with Gasteiger partial charge < -0.3 is 14.4 Å². The molecule has 178 valence electrons. The average molecular weight is 478 g/mol. The summed E-state index contributed by atoms with van der Waals surface area (Å²) in [5, 5.41) is 22.4. The summed E-state index contributed by atoms with van der Waals surface area (Å²) in [7, 11) is 1.69. The van der Waals surface area contributed by atoms with E-state index in [0.717, 1.165) is 12.3 Å². The highest BCUT2D eigenvalue weighted by molar-refractivity contribution is 5.79. The van der Waals surface area contributed by atoms with Gasteiger partial charge in [-0.25, -0.2) is 28.6 Å². The lowest BCUT2D eigenvalue weighted by atomic mass is 10.0. The minimum atomic E-state index is -0.603. The van der Waals surface area contributed by atoms with Gasteiger partial charge in [0.05, 0.1) is 23.9 Å². The number of nitriles is 1. The van der Waals surface area contributed by atoms with E-state index in [2.05, 4.69) is 25.3 Å². The molecule has 1 saturated heterocycles. The third-order valence-electron chi connectivity index (χ3n) is 5.95. The van der Waals surface area contributed by atoms with Crippen molar-refractivity contribution in [1.29, 1.82) is 5.26 Å². The third kappa shape index (κ3) is 4.25. The van der Waals surface area contributed by atoms with Crippen LogP contribution in [-0.4, -0.2) is 73.1 Å². The van der Waals surface area contributed by atoms with Crippen LogP contribution in [0.5, 0.6) is 0 Å². The lowest BCUT2D eigenvalue weighted by Gasteiger charge is -2.37. The van der Waals surface area contributed by atoms with Crippen LogP contribution in [0.3, 0.4) is 0 Å². The van der Waals surface area contributed by atoms with Crippen LogP contribution in [0.1, 0.15) is 23.6 Å². The van der Waals surface area contributed by atoms with Gasteiger partial charge in [0.25, 0.3) is 0 Å². The van der Waals surface area contributed by atoms with Crippen molar-refractivity contribution < 1.29 is 13.6 Å². The van der Waals surface area contributed by atoms with Crippen molar-refractivity contribution in [2.75, 3.05) is 31.1 Å². The lowest BCUT2D eigenvalue weighted by molar-refractivity contribution is 0.139. The summed E-state index contributed by atoms with van der Waals surface area (Å²) in [5.74, 6) is -0.521. The molecule has 2 aromatic heterocycles. The second-order valence-electron chi connectivity index (χ2n) is 8.17. The van der Waals surface area contributed by atoms with E-state index < -0.39 is 17.7 Å². The van der Waals surface area contributed by atoms with Crippen molar-refractivity contribution in [3.63, 3.8) is 0 Å². The van der Waals surface area contributed by atoms with Gasteiger partial charge in [-0.15, -0.1) is 10.2 Å². The Balaban J connectivity index is 1.28. The predicted molar refractivity (Wildman–Crippen MR) is 120 cm³/mol. The normalized spacial score (nSPS) is 17.7. The highest BCUT2D eigenvalue weighted by Gasteiger charge is 2.34. The van der Waals surface area contributed by atoms with E-state index in [0.29, 0.717) is 44.1 Å². The zero-order valence-electron chi connectivity index (χ0n) is 18.7. The summed E-state index contributed by atoms with van der Waals surface area (Å²) >= 11 is 0. The van der Waals surface area contributed by atoms with Crippen molar-refractivity contribution in [1.82, 2.24) is 34.6 Å². The number of aryl methyl sites for hydroxylation is 1. The molecule has 1 fully saturated rings. The minimum Gasteiger partial charge on any atom is -0.337 e. The van der Waals surface area contributed by atoms with Gasteiger partial charge in [-0.1, -0.05) is 0 Å². The summed E-state index contributed by atoms with van der Waals surface area (Å²) in [6.07, 6.45) is 4.59. The number of benzene rings is 1. The molecular weight excluding hydrogens is 458 g/mol. The number of nitrogens with zero attached hydrogens (tertiary/aromatic N) is 10. The number of amides is 2. The van der Waals surface area contributed by atoms with E-state index in [1.54, 1.807) is 28.8 Å². The van der Waals surface area contributed by atoms with E-state index in [-0.39, 0.29) is 23.1 Å². The number of carbonyl (C=O) groups excluding carboxylic acids is 1. The number of carbonyl (C=O) groups is 1. The average Bonchev–Trinajstić information content (AvgIpc) is 3.53. The number of anilines is 1. The number of hydrogen-bond donors (Lipinski definition) is 0. The van der Waals surface area contributed by atoms with Gasteiger partial charge in [-0.3, -0.25) is 0 Å². The predicted octanol–water partition coefficient (Wildman–Crippen LogP) is 2.10. The fourth-order valence-corrected chi connectivity index (χ4v) is 4.15. The molecule has 0 bridgehead atoms. The quantitative estimate of drug-likeness (QED) is 0.565. The number of piperazine rings is 1. The molecule has 3 aromatic rings. The Morgan fingerprint density at radius 1 is 1.17 bits per heavy atom. The lowest BCUT2D eigenvalue weighted by Crippen LogP contribution is -2.52. The Hall–Kier alpha value is -4.47. The summed E-state index contributed by atoms with van der Waals surface area (Å²) in [6, 6.07) is 5.17. The van der Waals surface area contributed by atoms with Crippen LogP contribution in [0.2, 0.25) is 0 Å². The van der Waals surface area contributed by atoms with Crippen LogP contribution in [0, 0.1) is 23.0 Å². The standard InChI is InChI=1S/C22H20F2N10O/c1-31-13-27-30-20(31)19-17(24)12-26-21(29-19)32-4-6-33(7-5-32)22(35)34-18(2-3-28-34)15-8-14(11-25)9-16(23)10-15/h3,8-10,12-13,18H,2,4-7H2,1H3/t18-/m0/s1. The zero-order chi connectivity index (χ0) is 24.5. The third-order valence-corrected chi connectivity index (χ3v) is 5.95. The van der Waals surface area contributed by atoms with E-state index in [1.807, 2.05) is 11.0 Å². The molecule has 5 rings (SSSR count). The van der Waals surface area contributed by atoms with Crippen LogP contribution in [0.15, 0.2) is 35.8 Å². The highest BCUT2D eigenvalue weighted by atomic mass is 19.1. The fourth-order valence-electron chi connectivity index (χ4n) is 4.15. The van der Waals surface area contributed by atoms with Gasteiger partial charge in [-0.2, -0.15) is 10.4 Å². The van der Waals surface area contributed by atoms with Crippen molar-refractivity contribution in [2.45, 2.75) is 12.5 Å². The molecule has 35 heavy (non-hydrogen) atoms. The molecule has 4 heterocycles. The first-order valence-corrected chi connectivity index (χ1v) is 10.9. The molecule has 13 heteroatoms. The smallest absolute Gasteiger partial charge is 0.337 e. The van der Waals surface area contributed by atoms with Crippen LogP contribution >= 0.6 is 0 Å². The topological polar surface area (TPSA) is 119 Å². The molecule has 2 aliphatic rings. The molecule has 0 radical (unpaired) electrons. The maximum absolute atomic E-state index is 14.3. The van der Waals surface area contributed by atoms with Gasteiger partial charge >= 0.3 is 6.03 Å². The summed E-state index contributed by atoms with van der Waals surface area (Å²) in [6.45, 7) is 1.58. The molecule has 0 N–H and O–H groups in total. The molecule has 1 atom stereocenters. The maximum Gasteiger partial charge on any atom is 0.341 e. The molecule has 2 amide bonds. The number of hydrazone groups is 1. The summed E-state index contributed by atoms with van der Waals surface area (Å²) in [4.78, 5) is 25.2. The molecule has 0 saturated carbocycles. The molecule has 11 nitrogen and oxygen atoms in total. The Kier molecular flexibility index (Phi) is 5.77. The summed E-state index contributed by atoms with van der Waals surface area (Å²) < 4.78 is 29.9. The minimum absolute atomic E-state index is 0.0505. The van der Waals surface area contributed by atoms with Crippen LogP contribution < -0.4 is 4.90 Å². The summed E-state index contributed by atoms with van der Waals surface area (Å²) in [5.41, 5.74) is 0.754. The molecule has 1 aromatic carbocycles. The number of halogens is 2. The van der Waals surface area contributed by atoms with Crippen molar-refractivity contribution in [3.05, 3.63) is 53.5 Å². The number of hydrogen-bond acceptors (Lipinski definition) is 8. The van der Waals surface area contributed by atoms with Crippen LogP contribution in [0.25, 0.3) is 11.5 Å². The van der Waals surface area contributed by atoms with E-state index >= 15 is 0 Å². The number of aromatic nitrogens is 5. The van der Waals surface area contributed by atoms with Crippen molar-refractivity contribution >= 4 is 18.2 Å². The van der Waals surface area contributed by atoms with Crippen LogP contribution in [-0.2, 0) is 7.05 Å². The monoisotopic (exact) mass is 478 g/mol. The largest absolute Gasteiger partial charge is 0.341 e. The Morgan fingerprint density at radius 3 is 2.69 bits per heavy atom. The Bertz CT molecular complexity index is 1340. The first-order valence-electron chi connectivity index (χ1n) is 10.9. The first kappa shape index (κ1) is 22.3. The van der Waals surface area contributed by atoms with Gasteiger partial charge in [0.1, 0.15) is 17.8 Å². The van der Waals surface area contributed by atoms with Gasteiger partial charge in [0.2, 0.25) is 5.95 Å². The molecule has 0 unspecified atom stereocenters. The number of urea groups is 1. The van der Waals surface area contributed by atoms with E-state index in [4.69, 9.17) is 5.26 Å². The molecule has 2 aliphatic heterocycles.